The second-order valence-corrected chi connectivity index (χ2v) is 9.21. The van der Waals surface area contributed by atoms with Gasteiger partial charge in [-0.3, -0.25) is 4.79 Å². The van der Waals surface area contributed by atoms with E-state index in [1.54, 1.807) is 7.11 Å². The Kier molecular flexibility index (Phi) is 5.91. The van der Waals surface area contributed by atoms with Crippen LogP contribution in [0, 0.1) is 5.92 Å². The summed E-state index contributed by atoms with van der Waals surface area (Å²) in [6.45, 7) is 2.31. The van der Waals surface area contributed by atoms with Gasteiger partial charge in [0.2, 0.25) is 5.91 Å². The monoisotopic (exact) mass is 428 g/mol. The number of fused-ring (bicyclic) bond motifs is 1. The molecule has 1 amide bonds. The first-order valence-corrected chi connectivity index (χ1v) is 11.5. The number of para-hydroxylation sites is 2. The molecule has 0 bridgehead atoms. The number of benzene rings is 1. The van der Waals surface area contributed by atoms with Crippen LogP contribution in [0.1, 0.15) is 23.8 Å². The summed E-state index contributed by atoms with van der Waals surface area (Å²) in [6, 6.07) is 7.37. The molecule has 4 rings (SSSR count). The molecule has 1 aliphatic carbocycles. The van der Waals surface area contributed by atoms with Gasteiger partial charge in [-0.1, -0.05) is 30.8 Å². The molecule has 3 aromatic rings. The molecular formula is C21H24N4O2S2. The van der Waals surface area contributed by atoms with Crippen molar-refractivity contribution in [1.82, 2.24) is 14.8 Å². The predicted octanol–water partition coefficient (Wildman–Crippen LogP) is 4.41. The van der Waals surface area contributed by atoms with E-state index in [2.05, 4.69) is 27.8 Å². The molecule has 1 atom stereocenters. The van der Waals surface area contributed by atoms with Crippen molar-refractivity contribution in [2.24, 2.45) is 13.0 Å². The molecule has 0 fully saturated rings. The molecule has 6 nitrogen and oxygen atoms in total. The summed E-state index contributed by atoms with van der Waals surface area (Å²) in [5, 5.41) is 14.6. The van der Waals surface area contributed by atoms with E-state index in [-0.39, 0.29) is 11.7 Å². The molecule has 152 valence electrons. The number of carbonyl (C=O) groups is 1. The molecule has 2 aromatic heterocycles. The molecule has 1 aromatic carbocycles. The Balaban J connectivity index is 1.44. The molecule has 0 aliphatic heterocycles. The molecule has 2 heterocycles. The fraction of sp³-hybridized carbons (Fsp3) is 0.381. The number of carbonyl (C=O) groups excluding carboxylic acids is 1. The van der Waals surface area contributed by atoms with Crippen molar-refractivity contribution in [2.45, 2.75) is 31.3 Å². The van der Waals surface area contributed by atoms with Gasteiger partial charge in [0.15, 0.2) is 11.0 Å². The second kappa shape index (κ2) is 8.59. The lowest BCUT2D eigenvalue weighted by atomic mass is 9.88. The molecule has 1 aliphatic rings. The van der Waals surface area contributed by atoms with Gasteiger partial charge in [-0.15, -0.1) is 21.5 Å². The summed E-state index contributed by atoms with van der Waals surface area (Å²) in [5.74, 6) is 2.42. The quantitative estimate of drug-likeness (QED) is 0.589. The smallest absolute Gasteiger partial charge is 0.234 e. The lowest BCUT2D eigenvalue weighted by Gasteiger charge is -2.18. The van der Waals surface area contributed by atoms with Gasteiger partial charge in [0.25, 0.3) is 0 Å². The first-order valence-electron chi connectivity index (χ1n) is 9.61. The summed E-state index contributed by atoms with van der Waals surface area (Å²) in [7, 11) is 3.55. The Bertz CT molecular complexity index is 1030. The molecular weight excluding hydrogens is 404 g/mol. The molecule has 0 radical (unpaired) electrons. The molecule has 1 N–H and O–H groups in total. The largest absolute Gasteiger partial charge is 0.495 e. The van der Waals surface area contributed by atoms with Gasteiger partial charge in [0, 0.05) is 22.9 Å². The normalized spacial score (nSPS) is 15.8. The Labute approximate surface area is 178 Å². The van der Waals surface area contributed by atoms with Crippen LogP contribution >= 0.6 is 23.1 Å². The fourth-order valence-electron chi connectivity index (χ4n) is 3.60. The summed E-state index contributed by atoms with van der Waals surface area (Å²) in [5.41, 5.74) is 3.28. The molecule has 0 spiro atoms. The number of thioether (sulfide) groups is 1. The van der Waals surface area contributed by atoms with E-state index < -0.39 is 0 Å². The van der Waals surface area contributed by atoms with Gasteiger partial charge >= 0.3 is 0 Å². The van der Waals surface area contributed by atoms with E-state index >= 15 is 0 Å². The van der Waals surface area contributed by atoms with Crippen LogP contribution in [0.4, 0.5) is 5.69 Å². The van der Waals surface area contributed by atoms with E-state index in [1.165, 1.54) is 34.2 Å². The van der Waals surface area contributed by atoms with E-state index in [1.807, 2.05) is 47.2 Å². The molecule has 8 heteroatoms. The average molecular weight is 429 g/mol. The number of aromatic nitrogens is 3. The Morgan fingerprint density at radius 2 is 2.21 bits per heavy atom. The number of hydrogen-bond donors (Lipinski definition) is 1. The highest BCUT2D eigenvalue weighted by Crippen LogP contribution is 2.38. The molecule has 1 unspecified atom stereocenters. The first kappa shape index (κ1) is 20.0. The topological polar surface area (TPSA) is 69.0 Å². The highest BCUT2D eigenvalue weighted by atomic mass is 32.2. The molecule has 0 saturated carbocycles. The van der Waals surface area contributed by atoms with Crippen LogP contribution in [0.25, 0.3) is 11.4 Å². The zero-order valence-electron chi connectivity index (χ0n) is 16.8. The van der Waals surface area contributed by atoms with Crippen LogP contribution in [0.3, 0.4) is 0 Å². The third kappa shape index (κ3) is 4.18. The van der Waals surface area contributed by atoms with Crippen LogP contribution in [0.5, 0.6) is 5.75 Å². The molecule has 29 heavy (non-hydrogen) atoms. The number of anilines is 1. The number of rotatable bonds is 6. The minimum atomic E-state index is -0.106. The van der Waals surface area contributed by atoms with Crippen LogP contribution in [-0.2, 0) is 24.7 Å². The first-order chi connectivity index (χ1) is 14.1. The van der Waals surface area contributed by atoms with Crippen molar-refractivity contribution in [2.75, 3.05) is 18.2 Å². The summed E-state index contributed by atoms with van der Waals surface area (Å²) in [4.78, 5) is 13.9. The van der Waals surface area contributed by atoms with Crippen molar-refractivity contribution < 1.29 is 9.53 Å². The highest BCUT2D eigenvalue weighted by molar-refractivity contribution is 7.99. The minimum absolute atomic E-state index is 0.106. The number of nitrogens with one attached hydrogen (secondary N) is 1. The predicted molar refractivity (Wildman–Crippen MR) is 118 cm³/mol. The van der Waals surface area contributed by atoms with Crippen molar-refractivity contribution in [3.8, 4) is 17.1 Å². The van der Waals surface area contributed by atoms with Gasteiger partial charge < -0.3 is 14.6 Å². The van der Waals surface area contributed by atoms with Gasteiger partial charge in [-0.25, -0.2) is 0 Å². The second-order valence-electron chi connectivity index (χ2n) is 7.30. The SMILES string of the molecule is COc1ccccc1NC(=O)CSc1nnc(-c2csc3c2CCC(C)C3)n1C. The number of hydrogen-bond acceptors (Lipinski definition) is 6. The van der Waals surface area contributed by atoms with Crippen LogP contribution in [0.15, 0.2) is 34.8 Å². The van der Waals surface area contributed by atoms with E-state index in [0.29, 0.717) is 11.4 Å². The van der Waals surface area contributed by atoms with E-state index in [9.17, 15) is 4.79 Å². The van der Waals surface area contributed by atoms with Crippen LogP contribution < -0.4 is 10.1 Å². The number of ether oxygens (including phenoxy) is 1. The number of thiophene rings is 1. The number of methoxy groups -OCH3 is 1. The maximum Gasteiger partial charge on any atom is 0.234 e. The lowest BCUT2D eigenvalue weighted by Crippen LogP contribution is -2.15. The van der Waals surface area contributed by atoms with E-state index in [0.717, 1.165) is 29.7 Å². The van der Waals surface area contributed by atoms with Crippen LogP contribution in [0.2, 0.25) is 0 Å². The highest BCUT2D eigenvalue weighted by Gasteiger charge is 2.23. The van der Waals surface area contributed by atoms with Gasteiger partial charge in [-0.05, 0) is 42.9 Å². The zero-order valence-corrected chi connectivity index (χ0v) is 18.4. The Hall–Kier alpha value is -2.32. The standard InChI is InChI=1S/C21H24N4O2S2/c1-13-8-9-14-15(11-28-18(14)10-13)20-23-24-21(25(20)2)29-12-19(26)22-16-6-4-5-7-17(16)27-3/h4-7,11,13H,8-10,12H2,1-3H3,(H,22,26). The van der Waals surface area contributed by atoms with Crippen molar-refractivity contribution in [3.05, 3.63) is 40.1 Å². The van der Waals surface area contributed by atoms with E-state index in [4.69, 9.17) is 4.74 Å². The third-order valence-corrected chi connectivity index (χ3v) is 7.26. The maximum absolute atomic E-state index is 12.4. The van der Waals surface area contributed by atoms with Crippen molar-refractivity contribution in [1.29, 1.82) is 0 Å². The average Bonchev–Trinajstić information content (AvgIpc) is 3.29. The van der Waals surface area contributed by atoms with Crippen molar-refractivity contribution in [3.63, 3.8) is 0 Å². The summed E-state index contributed by atoms with van der Waals surface area (Å²) in [6.07, 6.45) is 3.48. The van der Waals surface area contributed by atoms with Crippen molar-refractivity contribution >= 4 is 34.7 Å². The number of amides is 1. The van der Waals surface area contributed by atoms with Gasteiger partial charge in [0.1, 0.15) is 5.75 Å². The Morgan fingerprint density at radius 1 is 1.38 bits per heavy atom. The lowest BCUT2D eigenvalue weighted by molar-refractivity contribution is -0.113. The van der Waals surface area contributed by atoms with Gasteiger partial charge in [-0.2, -0.15) is 0 Å². The zero-order chi connectivity index (χ0) is 20.4. The third-order valence-electron chi connectivity index (χ3n) is 5.19. The molecule has 0 saturated heterocycles. The van der Waals surface area contributed by atoms with Crippen LogP contribution in [-0.4, -0.2) is 33.5 Å². The number of nitrogens with zero attached hydrogens (tertiary/aromatic N) is 3. The summed E-state index contributed by atoms with van der Waals surface area (Å²) < 4.78 is 7.27. The minimum Gasteiger partial charge on any atom is -0.495 e. The summed E-state index contributed by atoms with van der Waals surface area (Å²) >= 11 is 3.21. The van der Waals surface area contributed by atoms with Gasteiger partial charge in [0.05, 0.1) is 18.6 Å². The fourth-order valence-corrected chi connectivity index (χ4v) is 5.56. The Morgan fingerprint density at radius 3 is 3.03 bits per heavy atom. The maximum atomic E-state index is 12.4.